The van der Waals surface area contributed by atoms with Crippen LogP contribution in [0.3, 0.4) is 0 Å². The first-order valence-electron chi connectivity index (χ1n) is 14.5. The fraction of sp³-hybridized carbons (Fsp3) is 0.645. The Hall–Kier alpha value is -2.43. The normalized spacial score (nSPS) is 31.1. The van der Waals surface area contributed by atoms with Crippen LogP contribution in [0.5, 0.6) is 0 Å². The molecule has 3 aliphatic carbocycles. The lowest BCUT2D eigenvalue weighted by Crippen LogP contribution is -2.50. The number of amides is 1. The highest BCUT2D eigenvalue weighted by Gasteiger charge is 2.51. The predicted octanol–water partition coefficient (Wildman–Crippen LogP) is 4.79. The molecule has 7 heteroatoms. The van der Waals surface area contributed by atoms with Crippen LogP contribution in [0.25, 0.3) is 10.1 Å². The van der Waals surface area contributed by atoms with Crippen LogP contribution in [0.4, 0.5) is 5.82 Å². The average molecular weight is 535 g/mol. The first kappa shape index (κ1) is 27.1. The smallest absolute Gasteiger partial charge is 0.226 e. The lowest BCUT2D eigenvalue weighted by atomic mass is 9.77. The van der Waals surface area contributed by atoms with Gasteiger partial charge in [-0.3, -0.25) is 9.69 Å². The number of piperazine rings is 1. The number of aromatic nitrogens is 1. The van der Waals surface area contributed by atoms with E-state index in [0.717, 1.165) is 70.6 Å². The van der Waals surface area contributed by atoms with E-state index in [1.165, 1.54) is 35.8 Å². The van der Waals surface area contributed by atoms with E-state index in [-0.39, 0.29) is 17.7 Å². The third-order valence-electron chi connectivity index (χ3n) is 9.90. The van der Waals surface area contributed by atoms with Crippen molar-refractivity contribution in [1.29, 1.82) is 0 Å². The molecule has 1 amide bonds. The summed E-state index contributed by atoms with van der Waals surface area (Å²) in [7, 11) is 2.00. The molecule has 38 heavy (non-hydrogen) atoms. The van der Waals surface area contributed by atoms with Gasteiger partial charge in [0.05, 0.1) is 10.6 Å². The van der Waals surface area contributed by atoms with Crippen molar-refractivity contribution in [3.8, 4) is 12.8 Å². The second-order valence-electron chi connectivity index (χ2n) is 11.9. The number of nitrogens with zero attached hydrogens (tertiary/aromatic N) is 4. The maximum Gasteiger partial charge on any atom is 0.226 e. The van der Waals surface area contributed by atoms with Crippen LogP contribution in [-0.4, -0.2) is 72.7 Å². The third kappa shape index (κ3) is 5.35. The summed E-state index contributed by atoms with van der Waals surface area (Å²) < 4.78 is 6.04. The summed E-state index contributed by atoms with van der Waals surface area (Å²) in [6, 6.07) is 8.55. The molecule has 2 heterocycles. The lowest BCUT2D eigenvalue weighted by molar-refractivity contribution is -0.140. The minimum atomic E-state index is -0.0526. The Morgan fingerprint density at radius 1 is 1.05 bits per heavy atom. The van der Waals surface area contributed by atoms with Crippen molar-refractivity contribution in [1.82, 2.24) is 14.2 Å². The quantitative estimate of drug-likeness (QED) is 0.378. The molecule has 4 aliphatic rings. The maximum atomic E-state index is 13.5. The molecule has 1 aromatic heterocycles. The molecule has 6 rings (SSSR count). The Morgan fingerprint density at radius 2 is 1.76 bits per heavy atom. The van der Waals surface area contributed by atoms with Crippen LogP contribution in [0, 0.1) is 48.4 Å². The fourth-order valence-electron chi connectivity index (χ4n) is 7.93. The summed E-state index contributed by atoms with van der Waals surface area (Å²) in [5.41, 5.74) is 0. The largest absolute Gasteiger partial charge is 0.353 e. The van der Waals surface area contributed by atoms with Gasteiger partial charge in [-0.2, -0.15) is 4.37 Å². The first-order chi connectivity index (χ1) is 18.6. The molecule has 0 N–H and O–H groups in total. The summed E-state index contributed by atoms with van der Waals surface area (Å²) in [4.78, 5) is 32.4. The SMILES string of the molecule is C#C.CN(C[C@@H]1CCCC[C@H]1CN1CCN(c2nsc3ccccc23)CC1)C(=O)[C@@H]1C2CCC(C2)[C@@H]1C=O. The molecule has 0 radical (unpaired) electrons. The first-order valence-corrected chi connectivity index (χ1v) is 15.2. The van der Waals surface area contributed by atoms with Crippen LogP contribution in [0.1, 0.15) is 44.9 Å². The molecule has 6 atom stereocenters. The van der Waals surface area contributed by atoms with Crippen molar-refractivity contribution in [2.45, 2.75) is 44.9 Å². The van der Waals surface area contributed by atoms with E-state index in [2.05, 4.69) is 46.9 Å². The fourth-order valence-corrected chi connectivity index (χ4v) is 8.73. The zero-order valence-corrected chi connectivity index (χ0v) is 23.5. The van der Waals surface area contributed by atoms with Gasteiger partial charge in [0, 0.05) is 57.6 Å². The number of anilines is 1. The van der Waals surface area contributed by atoms with Crippen molar-refractivity contribution in [3.05, 3.63) is 24.3 Å². The molecule has 204 valence electrons. The molecule has 4 fully saturated rings. The molecule has 2 bridgehead atoms. The van der Waals surface area contributed by atoms with Gasteiger partial charge in [0.25, 0.3) is 0 Å². The Balaban J connectivity index is 0.00000144. The molecular formula is C31H42N4O2S. The van der Waals surface area contributed by atoms with Crippen molar-refractivity contribution >= 4 is 39.6 Å². The lowest BCUT2D eigenvalue weighted by Gasteiger charge is -2.41. The van der Waals surface area contributed by atoms with Gasteiger partial charge in [-0.05, 0) is 79.4 Å². The molecule has 1 aliphatic heterocycles. The minimum absolute atomic E-state index is 0.0352. The number of benzene rings is 1. The molecular weight excluding hydrogens is 492 g/mol. The van der Waals surface area contributed by atoms with E-state index < -0.39 is 0 Å². The van der Waals surface area contributed by atoms with Gasteiger partial charge < -0.3 is 14.6 Å². The van der Waals surface area contributed by atoms with Crippen molar-refractivity contribution in [3.63, 3.8) is 0 Å². The average Bonchev–Trinajstić information content (AvgIpc) is 3.70. The minimum Gasteiger partial charge on any atom is -0.353 e. The second-order valence-corrected chi connectivity index (χ2v) is 12.7. The number of terminal acetylenes is 1. The topological polar surface area (TPSA) is 56.8 Å². The highest BCUT2D eigenvalue weighted by Crippen LogP contribution is 2.52. The number of aldehydes is 1. The number of hydrogen-bond donors (Lipinski definition) is 0. The van der Waals surface area contributed by atoms with Crippen LogP contribution < -0.4 is 4.90 Å². The van der Waals surface area contributed by atoms with Gasteiger partial charge in [-0.15, -0.1) is 12.8 Å². The Bertz CT molecular complexity index is 1120. The van der Waals surface area contributed by atoms with Crippen LogP contribution >= 0.6 is 11.5 Å². The standard InChI is InChI=1S/C29H40N4O2S.C2H2/c1-31(29(35)27-21-11-10-20(16-21)25(27)19-34)17-22-6-2-3-7-23(22)18-32-12-14-33(15-13-32)28-24-8-4-5-9-26(24)36-30-28;1-2/h4-5,8-9,19-23,25,27H,2-3,6-7,10-18H2,1H3;1-2H/t20?,21?,22-,23-,25-,27+;/m0./s1. The zero-order valence-electron chi connectivity index (χ0n) is 22.7. The Morgan fingerprint density at radius 3 is 2.53 bits per heavy atom. The number of carbonyl (C=O) groups is 2. The monoisotopic (exact) mass is 534 g/mol. The summed E-state index contributed by atoms with van der Waals surface area (Å²) >= 11 is 1.60. The van der Waals surface area contributed by atoms with E-state index in [1.54, 1.807) is 11.5 Å². The maximum absolute atomic E-state index is 13.5. The van der Waals surface area contributed by atoms with E-state index in [4.69, 9.17) is 4.37 Å². The van der Waals surface area contributed by atoms with Gasteiger partial charge in [-0.25, -0.2) is 0 Å². The van der Waals surface area contributed by atoms with E-state index >= 15 is 0 Å². The van der Waals surface area contributed by atoms with Gasteiger partial charge >= 0.3 is 0 Å². The highest BCUT2D eigenvalue weighted by molar-refractivity contribution is 7.13. The second kappa shape index (κ2) is 12.2. The zero-order chi connectivity index (χ0) is 26.6. The number of hydrogen-bond acceptors (Lipinski definition) is 6. The van der Waals surface area contributed by atoms with E-state index in [9.17, 15) is 9.59 Å². The van der Waals surface area contributed by atoms with Crippen LogP contribution in [0.2, 0.25) is 0 Å². The molecule has 1 saturated heterocycles. The molecule has 6 nitrogen and oxygen atoms in total. The predicted molar refractivity (Wildman–Crippen MR) is 155 cm³/mol. The summed E-state index contributed by atoms with van der Waals surface area (Å²) in [6.45, 7) is 6.21. The van der Waals surface area contributed by atoms with E-state index in [0.29, 0.717) is 23.7 Å². The van der Waals surface area contributed by atoms with Crippen LogP contribution in [-0.2, 0) is 9.59 Å². The van der Waals surface area contributed by atoms with Gasteiger partial charge in [0.15, 0.2) is 0 Å². The number of carbonyl (C=O) groups excluding carboxylic acids is 2. The van der Waals surface area contributed by atoms with Gasteiger partial charge in [0.2, 0.25) is 5.91 Å². The summed E-state index contributed by atoms with van der Waals surface area (Å²) in [5, 5.41) is 1.28. The molecule has 1 aromatic carbocycles. The number of fused-ring (bicyclic) bond motifs is 3. The van der Waals surface area contributed by atoms with Crippen LogP contribution in [0.15, 0.2) is 24.3 Å². The van der Waals surface area contributed by atoms with E-state index in [1.807, 2.05) is 11.9 Å². The molecule has 2 aromatic rings. The molecule has 2 unspecified atom stereocenters. The van der Waals surface area contributed by atoms with Gasteiger partial charge in [-0.1, -0.05) is 25.0 Å². The highest BCUT2D eigenvalue weighted by atomic mass is 32.1. The molecule has 0 spiro atoms. The van der Waals surface area contributed by atoms with Gasteiger partial charge in [0.1, 0.15) is 12.1 Å². The van der Waals surface area contributed by atoms with Crippen molar-refractivity contribution < 1.29 is 9.59 Å². The van der Waals surface area contributed by atoms with Crippen molar-refractivity contribution in [2.75, 3.05) is 51.2 Å². The van der Waals surface area contributed by atoms with Crippen molar-refractivity contribution in [2.24, 2.45) is 35.5 Å². The summed E-state index contributed by atoms with van der Waals surface area (Å²) in [6.07, 6.45) is 17.5. The molecule has 3 saturated carbocycles. The number of rotatable bonds is 7. The Kier molecular flexibility index (Phi) is 8.70. The summed E-state index contributed by atoms with van der Waals surface area (Å²) in [5.74, 6) is 3.43. The Labute approximate surface area is 231 Å². The third-order valence-corrected chi connectivity index (χ3v) is 10.7.